The quantitative estimate of drug-likeness (QED) is 0.230. The van der Waals surface area contributed by atoms with Gasteiger partial charge in [-0.1, -0.05) is 0 Å². The molecule has 0 saturated carbocycles. The Morgan fingerprint density at radius 3 is 2.22 bits per heavy atom. The summed E-state index contributed by atoms with van der Waals surface area (Å²) < 4.78 is 53.4. The van der Waals surface area contributed by atoms with Crippen molar-refractivity contribution in [2.45, 2.75) is 5.67 Å². The first kappa shape index (κ1) is 14.1. The molecule has 0 fully saturated rings. The number of nitrogens with two attached hydrogens (primary N) is 2. The molecule has 0 bridgehead atoms. The standard InChI is InChI=1S/C8H8F4N4O2/c9-3-1-2(6(17)15-13)8(12,7(18)16-14)5(11)4(3)10/h1-2H,13-14H2,(H,15,17)(H,16,18). The Bertz CT molecular complexity index is 464. The fourth-order valence-electron chi connectivity index (χ4n) is 1.43. The lowest BCUT2D eigenvalue weighted by Gasteiger charge is -2.29. The molecule has 2 amide bonds. The zero-order valence-electron chi connectivity index (χ0n) is 8.64. The largest absolute Gasteiger partial charge is 0.294 e. The molecule has 2 atom stereocenters. The van der Waals surface area contributed by atoms with E-state index in [0.29, 0.717) is 0 Å². The van der Waals surface area contributed by atoms with Gasteiger partial charge in [0.2, 0.25) is 5.91 Å². The first-order valence-electron chi connectivity index (χ1n) is 4.44. The van der Waals surface area contributed by atoms with E-state index in [1.165, 1.54) is 10.9 Å². The van der Waals surface area contributed by atoms with Crippen molar-refractivity contribution in [3.8, 4) is 0 Å². The molecule has 18 heavy (non-hydrogen) atoms. The van der Waals surface area contributed by atoms with Crippen molar-refractivity contribution >= 4 is 11.8 Å². The van der Waals surface area contributed by atoms with Crippen LogP contribution in [0.4, 0.5) is 17.6 Å². The first-order chi connectivity index (χ1) is 8.30. The van der Waals surface area contributed by atoms with Gasteiger partial charge < -0.3 is 0 Å². The molecule has 0 aliphatic heterocycles. The lowest BCUT2D eigenvalue weighted by molar-refractivity contribution is -0.141. The van der Waals surface area contributed by atoms with Crippen LogP contribution in [-0.2, 0) is 9.59 Å². The van der Waals surface area contributed by atoms with Gasteiger partial charge in [-0.3, -0.25) is 20.4 Å². The van der Waals surface area contributed by atoms with Gasteiger partial charge in [0.1, 0.15) is 5.92 Å². The van der Waals surface area contributed by atoms with E-state index in [0.717, 1.165) is 0 Å². The van der Waals surface area contributed by atoms with E-state index in [1.54, 1.807) is 0 Å². The summed E-state index contributed by atoms with van der Waals surface area (Å²) in [6.07, 6.45) is 0.0931. The molecule has 0 radical (unpaired) electrons. The summed E-state index contributed by atoms with van der Waals surface area (Å²) in [6.45, 7) is 0. The maximum absolute atomic E-state index is 14.2. The number of halogens is 4. The zero-order chi connectivity index (χ0) is 14.1. The van der Waals surface area contributed by atoms with Gasteiger partial charge in [0, 0.05) is 0 Å². The van der Waals surface area contributed by atoms with Gasteiger partial charge >= 0.3 is 0 Å². The fraction of sp³-hybridized carbons (Fsp3) is 0.250. The molecule has 6 nitrogen and oxygen atoms in total. The second-order valence-corrected chi connectivity index (χ2v) is 3.31. The number of amides is 2. The van der Waals surface area contributed by atoms with Crippen molar-refractivity contribution in [1.29, 1.82) is 0 Å². The smallest absolute Gasteiger partial charge is 0.280 e. The third-order valence-corrected chi connectivity index (χ3v) is 2.35. The summed E-state index contributed by atoms with van der Waals surface area (Å²) in [6, 6.07) is 0. The summed E-state index contributed by atoms with van der Waals surface area (Å²) in [5, 5.41) is 0. The summed E-state index contributed by atoms with van der Waals surface area (Å²) in [5.41, 5.74) is -1.18. The van der Waals surface area contributed by atoms with Gasteiger partial charge in [0.15, 0.2) is 17.5 Å². The Morgan fingerprint density at radius 2 is 1.78 bits per heavy atom. The lowest BCUT2D eigenvalue weighted by Crippen LogP contribution is -2.57. The van der Waals surface area contributed by atoms with Gasteiger partial charge in [-0.05, 0) is 6.08 Å². The van der Waals surface area contributed by atoms with Crippen LogP contribution in [0.2, 0.25) is 0 Å². The molecule has 1 aliphatic carbocycles. The number of hydrazine groups is 2. The average Bonchev–Trinajstić information content (AvgIpc) is 2.38. The predicted molar refractivity (Wildman–Crippen MR) is 50.4 cm³/mol. The number of hydrogen-bond acceptors (Lipinski definition) is 4. The lowest BCUT2D eigenvalue weighted by atomic mass is 9.82. The third kappa shape index (κ3) is 1.84. The van der Waals surface area contributed by atoms with Crippen LogP contribution in [0.5, 0.6) is 0 Å². The van der Waals surface area contributed by atoms with Crippen molar-refractivity contribution < 1.29 is 27.2 Å². The van der Waals surface area contributed by atoms with Crippen molar-refractivity contribution in [3.63, 3.8) is 0 Å². The second kappa shape index (κ2) is 4.74. The van der Waals surface area contributed by atoms with Gasteiger partial charge in [-0.15, -0.1) is 0 Å². The Balaban J connectivity index is 3.42. The van der Waals surface area contributed by atoms with E-state index < -0.39 is 40.9 Å². The monoisotopic (exact) mass is 268 g/mol. The minimum Gasteiger partial charge on any atom is -0.294 e. The third-order valence-electron chi connectivity index (χ3n) is 2.35. The second-order valence-electron chi connectivity index (χ2n) is 3.31. The van der Waals surface area contributed by atoms with Crippen LogP contribution in [0.3, 0.4) is 0 Å². The van der Waals surface area contributed by atoms with Gasteiger partial charge in [0.25, 0.3) is 11.6 Å². The molecule has 2 unspecified atom stereocenters. The normalized spacial score (nSPS) is 27.7. The highest BCUT2D eigenvalue weighted by Gasteiger charge is 2.57. The Hall–Kier alpha value is -1.94. The highest BCUT2D eigenvalue weighted by molar-refractivity contribution is 5.96. The number of allylic oxidation sites excluding steroid dienone is 2. The van der Waals surface area contributed by atoms with Crippen LogP contribution < -0.4 is 22.5 Å². The van der Waals surface area contributed by atoms with Crippen molar-refractivity contribution in [2.75, 3.05) is 0 Å². The summed E-state index contributed by atoms with van der Waals surface area (Å²) in [7, 11) is 0. The van der Waals surface area contributed by atoms with Crippen LogP contribution >= 0.6 is 0 Å². The molecule has 0 aromatic rings. The average molecular weight is 268 g/mol. The molecule has 0 heterocycles. The predicted octanol–water partition coefficient (Wildman–Crippen LogP) is -0.692. The van der Waals surface area contributed by atoms with Crippen molar-refractivity contribution in [2.24, 2.45) is 17.6 Å². The number of carbonyl (C=O) groups excluding carboxylic acids is 2. The van der Waals surface area contributed by atoms with E-state index in [2.05, 4.69) is 11.7 Å². The molecule has 10 heteroatoms. The number of carbonyl (C=O) groups is 2. The highest BCUT2D eigenvalue weighted by atomic mass is 19.2. The maximum atomic E-state index is 14.2. The first-order valence-corrected chi connectivity index (χ1v) is 4.44. The molecule has 1 aliphatic rings. The van der Waals surface area contributed by atoms with E-state index in [1.807, 2.05) is 0 Å². The summed E-state index contributed by atoms with van der Waals surface area (Å²) in [5.74, 6) is -2.76. The number of rotatable bonds is 2. The number of alkyl halides is 1. The van der Waals surface area contributed by atoms with E-state index >= 15 is 0 Å². The van der Waals surface area contributed by atoms with Crippen molar-refractivity contribution in [1.82, 2.24) is 10.9 Å². The molecule has 100 valence electrons. The molecule has 0 aromatic carbocycles. The van der Waals surface area contributed by atoms with Gasteiger partial charge in [0.05, 0.1) is 0 Å². The Kier molecular flexibility index (Phi) is 3.72. The van der Waals surface area contributed by atoms with Gasteiger partial charge in [-0.25, -0.2) is 29.2 Å². The highest BCUT2D eigenvalue weighted by Crippen LogP contribution is 2.42. The minimum absolute atomic E-state index is 0.0931. The Labute approximate surface area is 97.6 Å². The topological polar surface area (TPSA) is 110 Å². The maximum Gasteiger partial charge on any atom is 0.280 e. The molecule has 0 aromatic heterocycles. The van der Waals surface area contributed by atoms with E-state index in [4.69, 9.17) is 0 Å². The summed E-state index contributed by atoms with van der Waals surface area (Å²) in [4.78, 5) is 22.3. The van der Waals surface area contributed by atoms with Crippen molar-refractivity contribution in [3.05, 3.63) is 23.6 Å². The zero-order valence-corrected chi connectivity index (χ0v) is 8.64. The molecule has 0 spiro atoms. The molecule has 6 N–H and O–H groups in total. The van der Waals surface area contributed by atoms with Crippen LogP contribution in [0.25, 0.3) is 0 Å². The molecular formula is C8H8F4N4O2. The molecule has 0 saturated heterocycles. The van der Waals surface area contributed by atoms with Crippen LogP contribution in [0.1, 0.15) is 0 Å². The van der Waals surface area contributed by atoms with Crippen LogP contribution in [0.15, 0.2) is 23.6 Å². The number of nitrogens with one attached hydrogen (secondary N) is 2. The van der Waals surface area contributed by atoms with Crippen LogP contribution in [0, 0.1) is 5.92 Å². The summed E-state index contributed by atoms with van der Waals surface area (Å²) >= 11 is 0. The van der Waals surface area contributed by atoms with Crippen LogP contribution in [-0.4, -0.2) is 17.5 Å². The van der Waals surface area contributed by atoms with E-state index in [9.17, 15) is 27.2 Å². The molecular weight excluding hydrogens is 260 g/mol. The SMILES string of the molecule is NNC(=O)C1C=C(F)C(F)=C(F)C1(F)C(=O)NN. The van der Waals surface area contributed by atoms with E-state index in [-0.39, 0.29) is 6.08 Å². The number of hydrogen-bond donors (Lipinski definition) is 4. The van der Waals surface area contributed by atoms with Gasteiger partial charge in [-0.2, -0.15) is 0 Å². The molecule has 1 rings (SSSR count). The minimum atomic E-state index is -3.81. The fourth-order valence-corrected chi connectivity index (χ4v) is 1.43. The Morgan fingerprint density at radius 1 is 1.22 bits per heavy atom.